The van der Waals surface area contributed by atoms with Gasteiger partial charge in [-0.25, -0.2) is 0 Å². The highest BCUT2D eigenvalue weighted by atomic mass is 15.1. The predicted octanol–water partition coefficient (Wildman–Crippen LogP) is 15.9. The summed E-state index contributed by atoms with van der Waals surface area (Å²) in [6, 6.07) is 94.6. The van der Waals surface area contributed by atoms with Crippen molar-refractivity contribution in [3.63, 3.8) is 0 Å². The zero-order valence-corrected chi connectivity index (χ0v) is 35.7. The molecular weight excluding hydrogens is 771 g/mol. The summed E-state index contributed by atoms with van der Waals surface area (Å²) >= 11 is 0. The molecule has 1 nitrogen and oxygen atoms in total. The molecule has 0 saturated heterocycles. The van der Waals surface area contributed by atoms with Gasteiger partial charge < -0.3 is 4.90 Å². The summed E-state index contributed by atoms with van der Waals surface area (Å²) in [6.07, 6.45) is 0. The fourth-order valence-electron chi connectivity index (χ4n) is 11.2. The van der Waals surface area contributed by atoms with E-state index in [0.29, 0.717) is 0 Å². The number of nitrogens with zero attached hydrogens (tertiary/aromatic N) is 1. The van der Waals surface area contributed by atoms with Crippen molar-refractivity contribution in [2.24, 2.45) is 0 Å². The maximum Gasteiger partial charge on any atom is 0.0714 e. The quantitative estimate of drug-likeness (QED) is 0.148. The number of rotatable bonds is 8. The van der Waals surface area contributed by atoms with Gasteiger partial charge in [-0.3, -0.25) is 0 Å². The van der Waals surface area contributed by atoms with E-state index in [-0.39, 0.29) is 0 Å². The van der Waals surface area contributed by atoms with Crippen LogP contribution >= 0.6 is 0 Å². The molecule has 0 fully saturated rings. The van der Waals surface area contributed by atoms with Crippen molar-refractivity contribution in [1.82, 2.24) is 0 Å². The Balaban J connectivity index is 1.13. The summed E-state index contributed by atoms with van der Waals surface area (Å²) in [6.45, 7) is 2.21. The molecule has 10 aromatic rings. The van der Waals surface area contributed by atoms with E-state index < -0.39 is 10.8 Å². The van der Waals surface area contributed by atoms with E-state index in [9.17, 15) is 0 Å². The number of fused-ring (bicyclic) bond motifs is 6. The Bertz CT molecular complexity index is 3220. The van der Waals surface area contributed by atoms with Crippen LogP contribution in [0.4, 0.5) is 17.1 Å². The molecular formula is C63H45N. The molecule has 0 aromatic heterocycles. The third kappa shape index (κ3) is 5.64. The van der Waals surface area contributed by atoms with Gasteiger partial charge in [-0.05, 0) is 121 Å². The van der Waals surface area contributed by atoms with Crippen molar-refractivity contribution in [2.75, 3.05) is 4.90 Å². The van der Waals surface area contributed by atoms with Gasteiger partial charge in [0.2, 0.25) is 0 Å². The van der Waals surface area contributed by atoms with E-state index in [1.807, 2.05) is 0 Å². The Labute approximate surface area is 376 Å². The first-order valence-corrected chi connectivity index (χ1v) is 22.3. The molecule has 0 amide bonds. The van der Waals surface area contributed by atoms with Gasteiger partial charge in [-0.2, -0.15) is 0 Å². The van der Waals surface area contributed by atoms with Crippen LogP contribution in [0.25, 0.3) is 33.4 Å². The molecule has 0 bridgehead atoms. The molecule has 2 aliphatic rings. The zero-order chi connectivity index (χ0) is 42.7. The lowest BCUT2D eigenvalue weighted by Crippen LogP contribution is -2.29. The van der Waals surface area contributed by atoms with E-state index in [0.717, 1.165) is 17.1 Å². The van der Waals surface area contributed by atoms with Crippen LogP contribution in [0, 0.1) is 6.92 Å². The monoisotopic (exact) mass is 815 g/mol. The number of anilines is 3. The Morgan fingerprint density at radius 1 is 0.266 bits per heavy atom. The number of aryl methyl sites for hydroxylation is 1. The number of hydrogen-bond donors (Lipinski definition) is 0. The minimum atomic E-state index is -0.533. The molecule has 0 heterocycles. The van der Waals surface area contributed by atoms with Crippen LogP contribution in [-0.2, 0) is 10.8 Å². The smallest absolute Gasteiger partial charge is 0.0714 e. The van der Waals surface area contributed by atoms with Crippen molar-refractivity contribution in [3.05, 3.63) is 305 Å². The molecule has 2 aliphatic carbocycles. The molecule has 0 atom stereocenters. The molecule has 0 spiro atoms. The summed E-state index contributed by atoms with van der Waals surface area (Å²) in [5.41, 5.74) is 21.2. The molecule has 10 aromatic carbocycles. The minimum absolute atomic E-state index is 0.527. The van der Waals surface area contributed by atoms with Gasteiger partial charge in [0.05, 0.1) is 10.8 Å². The lowest BCUT2D eigenvalue weighted by atomic mass is 9.67. The lowest BCUT2D eigenvalue weighted by Gasteiger charge is -2.36. The van der Waals surface area contributed by atoms with Gasteiger partial charge in [0.15, 0.2) is 0 Å². The Morgan fingerprint density at radius 3 is 1.14 bits per heavy atom. The standard InChI is InChI=1S/C63H45N/c1-44-31-40-59-57(41-44)56-39-37-53(43-61(56)63(59,49-25-13-5-14-26-49)50-27-15-6-16-28-50)64(51-34-32-46(33-35-51)45-19-7-2-8-20-45)52-36-38-55-54-29-17-18-30-58(54)62(60(55)42-52,47-21-9-3-10-22-47)48-23-11-4-12-24-48/h2-43H,1H3. The number of benzene rings is 10. The summed E-state index contributed by atoms with van der Waals surface area (Å²) in [5.74, 6) is 0. The maximum atomic E-state index is 2.49. The van der Waals surface area contributed by atoms with E-state index in [1.165, 1.54) is 83.5 Å². The van der Waals surface area contributed by atoms with Gasteiger partial charge in [0.1, 0.15) is 0 Å². The highest BCUT2D eigenvalue weighted by Crippen LogP contribution is 2.59. The Hall–Kier alpha value is -8.00. The summed E-state index contributed by atoms with van der Waals surface area (Å²) in [5, 5.41) is 0. The van der Waals surface area contributed by atoms with Crippen LogP contribution in [0.3, 0.4) is 0 Å². The van der Waals surface area contributed by atoms with Crippen molar-refractivity contribution < 1.29 is 0 Å². The Morgan fingerprint density at radius 2 is 0.641 bits per heavy atom. The SMILES string of the molecule is Cc1ccc2c(c1)-c1ccc(N(c3ccc(-c4ccccc4)cc3)c3ccc4c(c3)C(c3ccccc3)(c3ccccc3)c3ccccc3-4)cc1C2(c1ccccc1)c1ccccc1. The zero-order valence-electron chi connectivity index (χ0n) is 35.7. The fourth-order valence-corrected chi connectivity index (χ4v) is 11.2. The molecule has 0 aliphatic heterocycles. The molecule has 0 saturated carbocycles. The fraction of sp³-hybridized carbons (Fsp3) is 0.0476. The van der Waals surface area contributed by atoms with Gasteiger partial charge >= 0.3 is 0 Å². The second-order valence-electron chi connectivity index (χ2n) is 17.3. The number of hydrogen-bond acceptors (Lipinski definition) is 1. The normalized spacial score (nSPS) is 13.6. The van der Waals surface area contributed by atoms with E-state index in [1.54, 1.807) is 0 Å². The first-order chi connectivity index (χ1) is 31.7. The van der Waals surface area contributed by atoms with Crippen LogP contribution in [-0.4, -0.2) is 0 Å². The van der Waals surface area contributed by atoms with Crippen LogP contribution in [0.15, 0.2) is 255 Å². The highest BCUT2D eigenvalue weighted by molar-refractivity contribution is 5.92. The van der Waals surface area contributed by atoms with Crippen molar-refractivity contribution in [2.45, 2.75) is 17.8 Å². The molecule has 0 unspecified atom stereocenters. The largest absolute Gasteiger partial charge is 0.310 e. The molecule has 302 valence electrons. The van der Waals surface area contributed by atoms with Crippen molar-refractivity contribution in [1.29, 1.82) is 0 Å². The summed E-state index contributed by atoms with van der Waals surface area (Å²) < 4.78 is 0. The average Bonchev–Trinajstić information content (AvgIpc) is 3.83. The van der Waals surface area contributed by atoms with Crippen molar-refractivity contribution >= 4 is 17.1 Å². The summed E-state index contributed by atoms with van der Waals surface area (Å²) in [4.78, 5) is 2.48. The lowest BCUT2D eigenvalue weighted by molar-refractivity contribution is 0.767. The Kier molecular flexibility index (Phi) is 8.91. The first-order valence-electron chi connectivity index (χ1n) is 22.3. The van der Waals surface area contributed by atoms with Crippen LogP contribution in [0.5, 0.6) is 0 Å². The van der Waals surface area contributed by atoms with E-state index >= 15 is 0 Å². The predicted molar refractivity (Wildman–Crippen MR) is 266 cm³/mol. The van der Waals surface area contributed by atoms with Crippen LogP contribution in [0.1, 0.15) is 50.1 Å². The van der Waals surface area contributed by atoms with Crippen LogP contribution < -0.4 is 4.90 Å². The van der Waals surface area contributed by atoms with Crippen molar-refractivity contribution in [3.8, 4) is 33.4 Å². The second-order valence-corrected chi connectivity index (χ2v) is 17.3. The molecule has 64 heavy (non-hydrogen) atoms. The molecule has 0 N–H and O–H groups in total. The topological polar surface area (TPSA) is 3.24 Å². The third-order valence-electron chi connectivity index (χ3n) is 13.9. The van der Waals surface area contributed by atoms with Gasteiger partial charge in [0, 0.05) is 17.1 Å². The average molecular weight is 816 g/mol. The van der Waals surface area contributed by atoms with E-state index in [4.69, 9.17) is 0 Å². The van der Waals surface area contributed by atoms with Gasteiger partial charge in [-0.15, -0.1) is 0 Å². The minimum Gasteiger partial charge on any atom is -0.310 e. The van der Waals surface area contributed by atoms with E-state index in [2.05, 4.69) is 267 Å². The van der Waals surface area contributed by atoms with Gasteiger partial charge in [0.25, 0.3) is 0 Å². The molecule has 12 rings (SSSR count). The second kappa shape index (κ2) is 15.1. The molecule has 0 radical (unpaired) electrons. The molecule has 1 heteroatoms. The highest BCUT2D eigenvalue weighted by Gasteiger charge is 2.48. The first kappa shape index (κ1) is 37.7. The van der Waals surface area contributed by atoms with Crippen LogP contribution in [0.2, 0.25) is 0 Å². The van der Waals surface area contributed by atoms with Gasteiger partial charge in [-0.1, -0.05) is 224 Å². The maximum absolute atomic E-state index is 2.49. The summed E-state index contributed by atoms with van der Waals surface area (Å²) in [7, 11) is 0. The third-order valence-corrected chi connectivity index (χ3v) is 13.9.